The number of carbonyl (C=O) groups is 1. The number of hydrogen-bond donors (Lipinski definition) is 1. The number of ether oxygens (including phenoxy) is 2. The second-order valence-corrected chi connectivity index (χ2v) is 6.29. The van der Waals surface area contributed by atoms with Crippen molar-refractivity contribution < 1.29 is 19.4 Å². The first-order valence-electron chi connectivity index (χ1n) is 7.25. The van der Waals surface area contributed by atoms with Crippen LogP contribution in [0.2, 0.25) is 0 Å². The largest absolute Gasteiger partial charge is 0.479 e. The van der Waals surface area contributed by atoms with Gasteiger partial charge in [0.1, 0.15) is 11.5 Å². The Hall–Kier alpha value is -2.35. The highest BCUT2D eigenvalue weighted by atomic mass is 127. The molecular formula is C18H14INO4. The average Bonchev–Trinajstić information content (AvgIpc) is 2.56. The van der Waals surface area contributed by atoms with E-state index in [-0.39, 0.29) is 0 Å². The number of carboxylic acids is 1. The quantitative estimate of drug-likeness (QED) is 0.599. The molecule has 0 spiro atoms. The molecule has 6 heteroatoms. The SMILES string of the molecule is C[C@@H](Oc1ccc(Oc2ccc3c(I)cccc3n2)cc1)C(=O)O. The minimum Gasteiger partial charge on any atom is -0.479 e. The van der Waals surface area contributed by atoms with Gasteiger partial charge in [-0.3, -0.25) is 0 Å². The van der Waals surface area contributed by atoms with Gasteiger partial charge in [-0.15, -0.1) is 0 Å². The molecule has 0 fully saturated rings. The fourth-order valence-electron chi connectivity index (χ4n) is 2.12. The molecule has 0 bridgehead atoms. The van der Waals surface area contributed by atoms with E-state index in [1.165, 1.54) is 6.92 Å². The number of aliphatic carboxylic acids is 1. The number of fused-ring (bicyclic) bond motifs is 1. The molecular weight excluding hydrogens is 421 g/mol. The van der Waals surface area contributed by atoms with Crippen LogP contribution in [0.4, 0.5) is 0 Å². The first-order valence-corrected chi connectivity index (χ1v) is 8.33. The Morgan fingerprint density at radius 3 is 2.50 bits per heavy atom. The van der Waals surface area contributed by atoms with Crippen molar-refractivity contribution in [3.63, 3.8) is 0 Å². The fraction of sp³-hybridized carbons (Fsp3) is 0.111. The standard InChI is InChI=1S/C18H14INO4/c1-11(18(21)22)23-12-5-7-13(8-6-12)24-17-10-9-14-15(19)3-2-4-16(14)20-17/h2-11H,1H3,(H,21,22)/t11-/m1/s1. The summed E-state index contributed by atoms with van der Waals surface area (Å²) >= 11 is 2.27. The maximum atomic E-state index is 10.8. The Bertz CT molecular complexity index is 880. The Morgan fingerprint density at radius 2 is 1.79 bits per heavy atom. The number of halogens is 1. The van der Waals surface area contributed by atoms with Crippen molar-refractivity contribution in [1.29, 1.82) is 0 Å². The minimum atomic E-state index is -1.01. The second-order valence-electron chi connectivity index (χ2n) is 5.13. The van der Waals surface area contributed by atoms with Crippen molar-refractivity contribution in [2.75, 3.05) is 0 Å². The van der Waals surface area contributed by atoms with Crippen LogP contribution in [0.5, 0.6) is 17.4 Å². The number of carboxylic acid groups (broad SMARTS) is 1. The molecule has 1 aromatic heterocycles. The summed E-state index contributed by atoms with van der Waals surface area (Å²) in [5, 5.41) is 9.92. The molecule has 0 saturated heterocycles. The summed E-state index contributed by atoms with van der Waals surface area (Å²) < 4.78 is 12.2. The lowest BCUT2D eigenvalue weighted by atomic mass is 10.2. The Balaban J connectivity index is 1.75. The molecule has 0 unspecified atom stereocenters. The number of pyridine rings is 1. The highest BCUT2D eigenvalue weighted by Crippen LogP contribution is 2.26. The zero-order valence-electron chi connectivity index (χ0n) is 12.8. The van der Waals surface area contributed by atoms with Gasteiger partial charge in [-0.25, -0.2) is 9.78 Å². The van der Waals surface area contributed by atoms with E-state index in [1.807, 2.05) is 30.3 Å². The molecule has 0 aliphatic carbocycles. The van der Waals surface area contributed by atoms with Crippen molar-refractivity contribution in [3.8, 4) is 17.4 Å². The maximum Gasteiger partial charge on any atom is 0.344 e. The number of rotatable bonds is 5. The Labute approximate surface area is 152 Å². The monoisotopic (exact) mass is 435 g/mol. The van der Waals surface area contributed by atoms with Crippen LogP contribution in [0.1, 0.15) is 6.92 Å². The fourth-order valence-corrected chi connectivity index (χ4v) is 2.78. The molecule has 5 nitrogen and oxygen atoms in total. The molecule has 1 N–H and O–H groups in total. The molecule has 3 aromatic rings. The Morgan fingerprint density at radius 1 is 1.08 bits per heavy atom. The van der Waals surface area contributed by atoms with Crippen LogP contribution in [0.3, 0.4) is 0 Å². The van der Waals surface area contributed by atoms with Crippen LogP contribution in [0.25, 0.3) is 10.9 Å². The van der Waals surface area contributed by atoms with Crippen LogP contribution in [-0.2, 0) is 4.79 Å². The zero-order chi connectivity index (χ0) is 17.1. The third kappa shape index (κ3) is 3.76. The molecule has 1 atom stereocenters. The third-order valence-electron chi connectivity index (χ3n) is 3.36. The summed E-state index contributed by atoms with van der Waals surface area (Å²) in [6, 6.07) is 16.5. The molecule has 0 aliphatic rings. The lowest BCUT2D eigenvalue weighted by molar-refractivity contribution is -0.144. The zero-order valence-corrected chi connectivity index (χ0v) is 14.9. The predicted octanol–water partition coefficient (Wildman–Crippen LogP) is 4.48. The van der Waals surface area contributed by atoms with Gasteiger partial charge in [0.2, 0.25) is 5.88 Å². The van der Waals surface area contributed by atoms with Gasteiger partial charge in [0, 0.05) is 15.0 Å². The van der Waals surface area contributed by atoms with Gasteiger partial charge in [-0.05, 0) is 72.0 Å². The molecule has 0 aliphatic heterocycles. The first-order chi connectivity index (χ1) is 11.5. The number of hydrogen-bond acceptors (Lipinski definition) is 4. The van der Waals surface area contributed by atoms with E-state index in [4.69, 9.17) is 14.6 Å². The van der Waals surface area contributed by atoms with Gasteiger partial charge >= 0.3 is 5.97 Å². The van der Waals surface area contributed by atoms with Crippen LogP contribution in [0.15, 0.2) is 54.6 Å². The maximum absolute atomic E-state index is 10.8. The normalized spacial score (nSPS) is 11.9. The van der Waals surface area contributed by atoms with E-state index in [2.05, 4.69) is 27.6 Å². The van der Waals surface area contributed by atoms with Crippen molar-refractivity contribution in [1.82, 2.24) is 4.98 Å². The Kier molecular flexibility index (Phi) is 4.84. The van der Waals surface area contributed by atoms with Gasteiger partial charge < -0.3 is 14.6 Å². The summed E-state index contributed by atoms with van der Waals surface area (Å²) in [5.41, 5.74) is 0.870. The van der Waals surface area contributed by atoms with Crippen molar-refractivity contribution >= 4 is 39.5 Å². The van der Waals surface area contributed by atoms with E-state index in [0.29, 0.717) is 17.4 Å². The summed E-state index contributed by atoms with van der Waals surface area (Å²) in [7, 11) is 0. The van der Waals surface area contributed by atoms with Gasteiger partial charge in [-0.2, -0.15) is 0 Å². The molecule has 0 amide bonds. The summed E-state index contributed by atoms with van der Waals surface area (Å²) in [6.45, 7) is 1.48. The first kappa shape index (κ1) is 16.5. The molecule has 2 aromatic carbocycles. The summed E-state index contributed by atoms with van der Waals surface area (Å²) in [6.07, 6.45) is -0.901. The number of aromatic nitrogens is 1. The second kappa shape index (κ2) is 7.04. The van der Waals surface area contributed by atoms with Gasteiger partial charge in [0.15, 0.2) is 6.10 Å². The van der Waals surface area contributed by atoms with Crippen LogP contribution >= 0.6 is 22.6 Å². The number of benzene rings is 2. The number of nitrogens with zero attached hydrogens (tertiary/aromatic N) is 1. The van der Waals surface area contributed by atoms with Crippen molar-refractivity contribution in [2.45, 2.75) is 13.0 Å². The summed E-state index contributed by atoms with van der Waals surface area (Å²) in [4.78, 5) is 15.3. The molecule has 1 heterocycles. The van der Waals surface area contributed by atoms with E-state index < -0.39 is 12.1 Å². The average molecular weight is 435 g/mol. The molecule has 24 heavy (non-hydrogen) atoms. The van der Waals surface area contributed by atoms with Gasteiger partial charge in [0.25, 0.3) is 0 Å². The van der Waals surface area contributed by atoms with Gasteiger partial charge in [0.05, 0.1) is 5.52 Å². The summed E-state index contributed by atoms with van der Waals surface area (Å²) in [5.74, 6) is 0.559. The lowest BCUT2D eigenvalue weighted by Gasteiger charge is -2.11. The highest BCUT2D eigenvalue weighted by molar-refractivity contribution is 14.1. The predicted molar refractivity (Wildman–Crippen MR) is 98.7 cm³/mol. The minimum absolute atomic E-state index is 0.471. The smallest absolute Gasteiger partial charge is 0.344 e. The van der Waals surface area contributed by atoms with Crippen LogP contribution in [0, 0.1) is 3.57 Å². The van der Waals surface area contributed by atoms with Crippen molar-refractivity contribution in [2.24, 2.45) is 0 Å². The molecule has 122 valence electrons. The van der Waals surface area contributed by atoms with E-state index in [1.54, 1.807) is 24.3 Å². The third-order valence-corrected chi connectivity index (χ3v) is 4.30. The van der Waals surface area contributed by atoms with Crippen LogP contribution in [-0.4, -0.2) is 22.2 Å². The van der Waals surface area contributed by atoms with Gasteiger partial charge in [-0.1, -0.05) is 6.07 Å². The van der Waals surface area contributed by atoms with E-state index >= 15 is 0 Å². The molecule has 3 rings (SSSR count). The molecule has 0 saturated carbocycles. The van der Waals surface area contributed by atoms with Crippen LogP contribution < -0.4 is 9.47 Å². The topological polar surface area (TPSA) is 68.7 Å². The lowest BCUT2D eigenvalue weighted by Crippen LogP contribution is -2.22. The van der Waals surface area contributed by atoms with Crippen molar-refractivity contribution in [3.05, 3.63) is 58.2 Å². The van der Waals surface area contributed by atoms with E-state index in [9.17, 15) is 4.79 Å². The molecule has 0 radical (unpaired) electrons. The van der Waals surface area contributed by atoms with E-state index in [0.717, 1.165) is 14.5 Å². The highest BCUT2D eigenvalue weighted by Gasteiger charge is 2.12.